The Hall–Kier alpha value is -1.34. The van der Waals surface area contributed by atoms with Crippen molar-refractivity contribution >= 4 is 10.8 Å². The molecule has 21 heavy (non-hydrogen) atoms. The van der Waals surface area contributed by atoms with Gasteiger partial charge in [-0.05, 0) is 54.0 Å². The first-order chi connectivity index (χ1) is 10.2. The fourth-order valence-corrected chi connectivity index (χ4v) is 3.95. The molecule has 2 aromatic rings. The molecule has 1 fully saturated rings. The Kier molecular flexibility index (Phi) is 4.30. The monoisotopic (exact) mass is 281 g/mol. The van der Waals surface area contributed by atoms with Crippen molar-refractivity contribution in [2.45, 2.75) is 52.1 Å². The van der Waals surface area contributed by atoms with Gasteiger partial charge < -0.3 is 5.32 Å². The smallest absolute Gasteiger partial charge is 0.0294 e. The first-order valence-corrected chi connectivity index (χ1v) is 8.43. The van der Waals surface area contributed by atoms with Crippen LogP contribution >= 0.6 is 0 Å². The van der Waals surface area contributed by atoms with Gasteiger partial charge >= 0.3 is 0 Å². The van der Waals surface area contributed by atoms with Crippen molar-refractivity contribution in [2.24, 2.45) is 11.8 Å². The van der Waals surface area contributed by atoms with Gasteiger partial charge in [0.25, 0.3) is 0 Å². The number of rotatable bonds is 4. The maximum atomic E-state index is 3.87. The van der Waals surface area contributed by atoms with Crippen molar-refractivity contribution < 1.29 is 0 Å². The van der Waals surface area contributed by atoms with Gasteiger partial charge in [-0.3, -0.25) is 0 Å². The van der Waals surface area contributed by atoms with Crippen LogP contribution in [0.2, 0.25) is 0 Å². The molecule has 0 heterocycles. The minimum atomic E-state index is 0.428. The van der Waals surface area contributed by atoms with Crippen LogP contribution < -0.4 is 5.32 Å². The zero-order valence-electron chi connectivity index (χ0n) is 13.5. The number of fused-ring (bicyclic) bond motifs is 1. The van der Waals surface area contributed by atoms with E-state index in [2.05, 4.69) is 68.6 Å². The number of benzene rings is 2. The van der Waals surface area contributed by atoms with E-state index in [1.165, 1.54) is 35.6 Å². The van der Waals surface area contributed by atoms with Crippen LogP contribution in [0.4, 0.5) is 0 Å². The van der Waals surface area contributed by atoms with Gasteiger partial charge in [0.05, 0.1) is 0 Å². The number of nitrogens with one attached hydrogen (secondary N) is 1. The predicted octanol–water partition coefficient (Wildman–Crippen LogP) is 5.32. The highest BCUT2D eigenvalue weighted by Crippen LogP contribution is 2.35. The zero-order chi connectivity index (χ0) is 14.8. The van der Waals surface area contributed by atoms with Crippen LogP contribution in [0.1, 0.15) is 51.6 Å². The molecular formula is C20H27N. The van der Waals surface area contributed by atoms with Crippen molar-refractivity contribution in [3.8, 4) is 0 Å². The predicted molar refractivity (Wildman–Crippen MR) is 91.5 cm³/mol. The minimum absolute atomic E-state index is 0.428. The highest BCUT2D eigenvalue weighted by atomic mass is 15.0. The second kappa shape index (κ2) is 6.19. The van der Waals surface area contributed by atoms with Crippen LogP contribution in [-0.4, -0.2) is 6.04 Å². The van der Waals surface area contributed by atoms with E-state index >= 15 is 0 Å². The third kappa shape index (κ3) is 2.98. The molecule has 1 heteroatoms. The minimum Gasteiger partial charge on any atom is -0.307 e. The molecule has 0 radical (unpaired) electrons. The summed E-state index contributed by atoms with van der Waals surface area (Å²) in [5.41, 5.74) is 1.40. The lowest BCUT2D eigenvalue weighted by molar-refractivity contribution is 0.327. The molecular weight excluding hydrogens is 254 g/mol. The SMILES string of the molecule is CCC1CCC(NC(C)c2ccc3ccccc3c2)C1C. The van der Waals surface area contributed by atoms with Crippen LogP contribution in [-0.2, 0) is 0 Å². The molecule has 1 saturated carbocycles. The molecule has 0 aromatic heterocycles. The second-order valence-electron chi connectivity index (χ2n) is 6.71. The summed E-state index contributed by atoms with van der Waals surface area (Å²) < 4.78 is 0. The Morgan fingerprint density at radius 1 is 1.10 bits per heavy atom. The summed E-state index contributed by atoms with van der Waals surface area (Å²) in [6.07, 6.45) is 4.04. The summed E-state index contributed by atoms with van der Waals surface area (Å²) in [5.74, 6) is 1.71. The normalized spacial score (nSPS) is 27.1. The van der Waals surface area contributed by atoms with E-state index in [0.29, 0.717) is 12.1 Å². The Balaban J connectivity index is 1.73. The lowest BCUT2D eigenvalue weighted by Crippen LogP contribution is -2.34. The van der Waals surface area contributed by atoms with E-state index < -0.39 is 0 Å². The van der Waals surface area contributed by atoms with Crippen molar-refractivity contribution in [3.05, 3.63) is 48.0 Å². The fourth-order valence-electron chi connectivity index (χ4n) is 3.95. The van der Waals surface area contributed by atoms with Crippen molar-refractivity contribution in [1.82, 2.24) is 5.32 Å². The standard InChI is InChI=1S/C20H27N/c1-4-16-11-12-20(14(16)2)21-15(3)18-10-9-17-7-5-6-8-19(17)13-18/h5-10,13-16,20-21H,4,11-12H2,1-3H3. The van der Waals surface area contributed by atoms with Gasteiger partial charge in [0.15, 0.2) is 0 Å². The molecule has 4 unspecified atom stereocenters. The quantitative estimate of drug-likeness (QED) is 0.800. The third-order valence-corrected chi connectivity index (χ3v) is 5.49. The molecule has 1 nitrogen and oxygen atoms in total. The van der Waals surface area contributed by atoms with Gasteiger partial charge in [0.2, 0.25) is 0 Å². The van der Waals surface area contributed by atoms with Gasteiger partial charge in [0, 0.05) is 12.1 Å². The maximum absolute atomic E-state index is 3.87. The summed E-state index contributed by atoms with van der Waals surface area (Å²) in [6, 6.07) is 16.6. The van der Waals surface area contributed by atoms with Gasteiger partial charge in [0.1, 0.15) is 0 Å². The average molecular weight is 281 g/mol. The highest BCUT2D eigenvalue weighted by molar-refractivity contribution is 5.83. The van der Waals surface area contributed by atoms with Crippen LogP contribution in [0.15, 0.2) is 42.5 Å². The van der Waals surface area contributed by atoms with Crippen molar-refractivity contribution in [2.75, 3.05) is 0 Å². The van der Waals surface area contributed by atoms with Crippen molar-refractivity contribution in [3.63, 3.8) is 0 Å². The van der Waals surface area contributed by atoms with E-state index in [4.69, 9.17) is 0 Å². The molecule has 3 rings (SSSR count). The second-order valence-corrected chi connectivity index (χ2v) is 6.71. The van der Waals surface area contributed by atoms with Crippen LogP contribution in [0.3, 0.4) is 0 Å². The largest absolute Gasteiger partial charge is 0.307 e. The van der Waals surface area contributed by atoms with Crippen LogP contribution in [0.5, 0.6) is 0 Å². The molecule has 2 aromatic carbocycles. The summed E-state index contributed by atoms with van der Waals surface area (Å²) in [4.78, 5) is 0. The van der Waals surface area contributed by atoms with E-state index in [9.17, 15) is 0 Å². The molecule has 0 amide bonds. The molecule has 1 N–H and O–H groups in total. The van der Waals surface area contributed by atoms with E-state index in [1.54, 1.807) is 0 Å². The molecule has 1 aliphatic rings. The topological polar surface area (TPSA) is 12.0 Å². The van der Waals surface area contributed by atoms with E-state index in [0.717, 1.165) is 11.8 Å². The van der Waals surface area contributed by atoms with Crippen molar-refractivity contribution in [1.29, 1.82) is 0 Å². The Bertz CT molecular complexity index is 604. The van der Waals surface area contributed by atoms with Gasteiger partial charge in [-0.1, -0.05) is 56.7 Å². The Morgan fingerprint density at radius 3 is 2.57 bits per heavy atom. The van der Waals surface area contributed by atoms with Crippen LogP contribution in [0, 0.1) is 11.8 Å². The van der Waals surface area contributed by atoms with E-state index in [-0.39, 0.29) is 0 Å². The molecule has 4 atom stereocenters. The Labute approximate surface area is 128 Å². The first-order valence-electron chi connectivity index (χ1n) is 8.43. The molecule has 0 saturated heterocycles. The lowest BCUT2D eigenvalue weighted by atomic mass is 9.93. The molecule has 112 valence electrons. The van der Waals surface area contributed by atoms with E-state index in [1.807, 2.05) is 0 Å². The number of hydrogen-bond donors (Lipinski definition) is 1. The highest BCUT2D eigenvalue weighted by Gasteiger charge is 2.32. The average Bonchev–Trinajstić information content (AvgIpc) is 2.87. The molecule has 0 spiro atoms. The summed E-state index contributed by atoms with van der Waals surface area (Å²) in [5, 5.41) is 6.54. The van der Waals surface area contributed by atoms with Crippen LogP contribution in [0.25, 0.3) is 10.8 Å². The maximum Gasteiger partial charge on any atom is 0.0294 e. The Morgan fingerprint density at radius 2 is 1.86 bits per heavy atom. The zero-order valence-corrected chi connectivity index (χ0v) is 13.5. The first kappa shape index (κ1) is 14.6. The van der Waals surface area contributed by atoms with Gasteiger partial charge in [-0.25, -0.2) is 0 Å². The summed E-state index contributed by atoms with van der Waals surface area (Å²) in [6.45, 7) is 7.05. The molecule has 0 aliphatic heterocycles. The van der Waals surface area contributed by atoms with Gasteiger partial charge in [-0.2, -0.15) is 0 Å². The van der Waals surface area contributed by atoms with Gasteiger partial charge in [-0.15, -0.1) is 0 Å². The lowest BCUT2D eigenvalue weighted by Gasteiger charge is -2.25. The number of hydrogen-bond acceptors (Lipinski definition) is 1. The molecule has 0 bridgehead atoms. The summed E-state index contributed by atoms with van der Waals surface area (Å²) in [7, 11) is 0. The fraction of sp³-hybridized carbons (Fsp3) is 0.500. The summed E-state index contributed by atoms with van der Waals surface area (Å²) >= 11 is 0. The molecule has 1 aliphatic carbocycles. The third-order valence-electron chi connectivity index (χ3n) is 5.49.